The summed E-state index contributed by atoms with van der Waals surface area (Å²) in [5, 5.41) is 6.22. The molecule has 0 aliphatic carbocycles. The summed E-state index contributed by atoms with van der Waals surface area (Å²) in [4.78, 5) is 6.11. The molecule has 11 heteroatoms. The van der Waals surface area contributed by atoms with E-state index in [4.69, 9.17) is 9.47 Å². The molecule has 0 atom stereocenters. The van der Waals surface area contributed by atoms with Gasteiger partial charge in [0.05, 0.1) is 10.7 Å². The van der Waals surface area contributed by atoms with Crippen LogP contribution in [0.4, 0.5) is 8.78 Å². The van der Waals surface area contributed by atoms with Gasteiger partial charge in [-0.05, 0) is 0 Å². The van der Waals surface area contributed by atoms with E-state index in [0.29, 0.717) is 0 Å². The number of nitrogens with zero attached hydrogens (tertiary/aromatic N) is 4. The van der Waals surface area contributed by atoms with Crippen molar-refractivity contribution in [3.63, 3.8) is 0 Å². The molecule has 0 spiro atoms. The summed E-state index contributed by atoms with van der Waals surface area (Å²) in [6, 6.07) is 3.56. The quantitative estimate of drug-likeness (QED) is 0.669. The maximum atomic E-state index is 13.1. The van der Waals surface area contributed by atoms with Gasteiger partial charge in [0.2, 0.25) is 0 Å². The molecule has 0 saturated carbocycles. The number of hydrogen-bond acceptors (Lipinski definition) is 7. The van der Waals surface area contributed by atoms with E-state index in [-0.39, 0.29) is 22.2 Å². The Morgan fingerprint density at radius 1 is 1.18 bits per heavy atom. The molecule has 0 unspecified atom stereocenters. The van der Waals surface area contributed by atoms with E-state index in [2.05, 4.69) is 9.98 Å². The Kier molecular flexibility index (Phi) is 2.73. The standard InChI is InChI=1S/C11H8F2N4O4S/c1-17(2)22(18,19)10(5-14)20-8-3-6-7(4-9(8)21-10)16-11(12,13)15-6/h3-4H,1-2H3. The second-order valence-corrected chi connectivity index (χ2v) is 6.90. The van der Waals surface area contributed by atoms with E-state index in [1.807, 2.05) is 0 Å². The normalized spacial score (nSPS) is 20.0. The Labute approximate surface area is 123 Å². The highest BCUT2D eigenvalue weighted by Crippen LogP contribution is 2.40. The van der Waals surface area contributed by atoms with Gasteiger partial charge in [0.1, 0.15) is 0 Å². The van der Waals surface area contributed by atoms with E-state index in [1.165, 1.54) is 20.2 Å². The summed E-state index contributed by atoms with van der Waals surface area (Å²) in [6.07, 6.45) is -3.58. The number of hydrogen-bond donors (Lipinski definition) is 0. The van der Waals surface area contributed by atoms with E-state index in [0.717, 1.165) is 16.4 Å². The lowest BCUT2D eigenvalue weighted by Crippen LogP contribution is -2.51. The number of alkyl halides is 2. The summed E-state index contributed by atoms with van der Waals surface area (Å²) < 4.78 is 61.5. The van der Waals surface area contributed by atoms with Crippen LogP contribution in [0.3, 0.4) is 0 Å². The number of halogens is 2. The largest absolute Gasteiger partial charge is 0.464 e. The zero-order valence-electron chi connectivity index (χ0n) is 11.2. The second-order valence-electron chi connectivity index (χ2n) is 4.68. The van der Waals surface area contributed by atoms with Crippen LogP contribution in [0.1, 0.15) is 0 Å². The molecule has 8 nitrogen and oxygen atoms in total. The molecule has 0 radical (unpaired) electrons. The van der Waals surface area contributed by atoms with Crippen LogP contribution in [-0.4, -0.2) is 38.1 Å². The van der Waals surface area contributed by atoms with Gasteiger partial charge in [-0.3, -0.25) is 0 Å². The maximum absolute atomic E-state index is 13.1. The maximum Gasteiger partial charge on any atom is 0.464 e. The molecule has 1 aromatic rings. The fourth-order valence-electron chi connectivity index (χ4n) is 1.95. The molecule has 0 aromatic heterocycles. The molecule has 116 valence electrons. The lowest BCUT2D eigenvalue weighted by atomic mass is 10.3. The van der Waals surface area contributed by atoms with Crippen molar-refractivity contribution in [1.82, 2.24) is 4.31 Å². The number of fused-ring (bicyclic) bond motifs is 2. The minimum Gasteiger partial charge on any atom is -0.424 e. The lowest BCUT2D eigenvalue weighted by molar-refractivity contribution is 0.0192. The molecule has 0 saturated heterocycles. The number of nitriles is 1. The van der Waals surface area contributed by atoms with Gasteiger partial charge in [0.15, 0.2) is 17.6 Å². The Morgan fingerprint density at radius 3 is 2.00 bits per heavy atom. The summed E-state index contributed by atoms with van der Waals surface area (Å²) in [5.41, 5.74) is 0. The minimum absolute atomic E-state index is 0.177. The van der Waals surface area contributed by atoms with Crippen LogP contribution in [0, 0.1) is 11.3 Å². The molecular weight excluding hydrogens is 322 g/mol. The van der Waals surface area contributed by atoms with Crippen molar-refractivity contribution in [2.24, 2.45) is 9.98 Å². The molecule has 0 amide bonds. The summed E-state index contributed by atoms with van der Waals surface area (Å²) in [6.45, 7) is 0. The monoisotopic (exact) mass is 330 g/mol. The number of benzene rings is 1. The van der Waals surface area contributed by atoms with Crippen molar-refractivity contribution in [3.8, 4) is 17.6 Å². The first-order valence-corrected chi connectivity index (χ1v) is 7.27. The Hall–Kier alpha value is -2.32. The van der Waals surface area contributed by atoms with Gasteiger partial charge in [-0.2, -0.15) is 24.0 Å². The number of ether oxygens (including phenoxy) is 2. The van der Waals surface area contributed by atoms with Crippen LogP contribution in [0.15, 0.2) is 22.1 Å². The summed E-state index contributed by atoms with van der Waals surface area (Å²) >= 11 is 0. The van der Waals surface area contributed by atoms with Crippen molar-refractivity contribution < 1.29 is 26.7 Å². The first-order chi connectivity index (χ1) is 10.1. The molecule has 2 aliphatic rings. The summed E-state index contributed by atoms with van der Waals surface area (Å²) in [5.74, 6) is -0.357. The molecule has 0 bridgehead atoms. The average molecular weight is 330 g/mol. The zero-order chi connectivity index (χ0) is 16.3. The van der Waals surface area contributed by atoms with Gasteiger partial charge in [-0.1, -0.05) is 0 Å². The summed E-state index contributed by atoms with van der Waals surface area (Å²) in [7, 11) is -1.87. The van der Waals surface area contributed by atoms with Gasteiger partial charge < -0.3 is 9.47 Å². The minimum atomic E-state index is -4.27. The van der Waals surface area contributed by atoms with E-state index in [1.54, 1.807) is 0 Å². The smallest absolute Gasteiger partial charge is 0.424 e. The average Bonchev–Trinajstić information content (AvgIpc) is 2.90. The second kappa shape index (κ2) is 4.11. The van der Waals surface area contributed by atoms with Gasteiger partial charge in [0, 0.05) is 26.2 Å². The molecule has 0 N–H and O–H groups in total. The van der Waals surface area contributed by atoms with Crippen molar-refractivity contribution >= 4 is 10.0 Å². The Balaban J connectivity index is 2.14. The van der Waals surface area contributed by atoms with Gasteiger partial charge in [0.25, 0.3) is 0 Å². The molecule has 2 heterocycles. The van der Waals surface area contributed by atoms with Gasteiger partial charge >= 0.3 is 21.3 Å². The fourth-order valence-corrected chi connectivity index (χ4v) is 2.94. The molecule has 1 aromatic carbocycles. The SMILES string of the molecule is CN(C)S(=O)(=O)C1(C#N)Oc2cc3c(cc2O1)=NC(F)(F)N=3. The first-order valence-electron chi connectivity index (χ1n) is 5.83. The first kappa shape index (κ1) is 14.6. The molecule has 0 fully saturated rings. The third-order valence-electron chi connectivity index (χ3n) is 3.00. The van der Waals surface area contributed by atoms with Crippen molar-refractivity contribution in [2.75, 3.05) is 14.1 Å². The Bertz CT molecular complexity index is 889. The number of sulfonamides is 1. The van der Waals surface area contributed by atoms with Gasteiger partial charge in [-0.15, -0.1) is 0 Å². The van der Waals surface area contributed by atoms with Crippen LogP contribution in [0.2, 0.25) is 0 Å². The van der Waals surface area contributed by atoms with Crippen LogP contribution < -0.4 is 20.2 Å². The fraction of sp³-hybridized carbons (Fsp3) is 0.364. The number of rotatable bonds is 2. The van der Waals surface area contributed by atoms with Crippen molar-refractivity contribution in [3.05, 3.63) is 22.8 Å². The van der Waals surface area contributed by atoms with Crippen LogP contribution in [0.25, 0.3) is 0 Å². The van der Waals surface area contributed by atoms with Gasteiger partial charge in [-0.25, -0.2) is 12.7 Å². The van der Waals surface area contributed by atoms with Crippen molar-refractivity contribution in [2.45, 2.75) is 11.3 Å². The predicted octanol–water partition coefficient (Wildman–Crippen LogP) is -0.670. The van der Waals surface area contributed by atoms with Crippen LogP contribution in [-0.2, 0) is 10.0 Å². The molecule has 2 aliphatic heterocycles. The molecular formula is C11H8F2N4O4S. The lowest BCUT2D eigenvalue weighted by Gasteiger charge is -2.22. The molecule has 3 rings (SSSR count). The molecule has 22 heavy (non-hydrogen) atoms. The van der Waals surface area contributed by atoms with Crippen LogP contribution in [0.5, 0.6) is 11.5 Å². The zero-order valence-corrected chi connectivity index (χ0v) is 12.1. The van der Waals surface area contributed by atoms with E-state index in [9.17, 15) is 22.5 Å². The third kappa shape index (κ3) is 1.84. The van der Waals surface area contributed by atoms with E-state index < -0.39 is 21.3 Å². The van der Waals surface area contributed by atoms with E-state index >= 15 is 0 Å². The van der Waals surface area contributed by atoms with Crippen LogP contribution >= 0.6 is 0 Å². The predicted molar refractivity (Wildman–Crippen MR) is 65.9 cm³/mol. The highest BCUT2D eigenvalue weighted by atomic mass is 32.2. The van der Waals surface area contributed by atoms with Crippen molar-refractivity contribution in [1.29, 1.82) is 5.26 Å². The highest BCUT2D eigenvalue weighted by Gasteiger charge is 2.56. The Morgan fingerprint density at radius 2 is 1.64 bits per heavy atom. The highest BCUT2D eigenvalue weighted by molar-refractivity contribution is 7.90. The third-order valence-corrected chi connectivity index (χ3v) is 4.90. The topological polar surface area (TPSA) is 104 Å².